The van der Waals surface area contributed by atoms with Crippen molar-refractivity contribution in [2.75, 3.05) is 6.61 Å². The zero-order chi connectivity index (χ0) is 23.6. The van der Waals surface area contributed by atoms with E-state index in [0.29, 0.717) is 24.0 Å². The molecule has 2 saturated heterocycles. The average Bonchev–Trinajstić information content (AvgIpc) is 3.34. The maximum Gasteiger partial charge on any atom is 0.330 e. The first-order valence-corrected chi connectivity index (χ1v) is 10.2. The van der Waals surface area contributed by atoms with Crippen LogP contribution >= 0.6 is 0 Å². The number of rotatable bonds is 3. The van der Waals surface area contributed by atoms with Gasteiger partial charge in [-0.25, -0.2) is 4.79 Å². The van der Waals surface area contributed by atoms with E-state index >= 15 is 0 Å². The summed E-state index contributed by atoms with van der Waals surface area (Å²) >= 11 is 0. The lowest BCUT2D eigenvalue weighted by molar-refractivity contribution is -0.164. The molecule has 0 unspecified atom stereocenters. The van der Waals surface area contributed by atoms with Gasteiger partial charge < -0.3 is 24.8 Å². The van der Waals surface area contributed by atoms with Crippen molar-refractivity contribution in [2.45, 2.75) is 70.5 Å². The second-order valence-electron chi connectivity index (χ2n) is 7.95. The van der Waals surface area contributed by atoms with Gasteiger partial charge in [-0.3, -0.25) is 28.8 Å². The zero-order valence-corrected chi connectivity index (χ0v) is 17.8. The number of aliphatic hydroxyl groups is 3. The first-order valence-electron chi connectivity index (χ1n) is 10.2. The lowest BCUT2D eigenvalue weighted by Gasteiger charge is -2.28. The Bertz CT molecular complexity index is 1000. The number of aromatic amines is 1. The summed E-state index contributed by atoms with van der Waals surface area (Å²) in [5, 5.41) is 27.4. The van der Waals surface area contributed by atoms with Crippen molar-refractivity contribution in [1.82, 2.24) is 14.5 Å². The highest BCUT2D eigenvalue weighted by Crippen LogP contribution is 2.27. The summed E-state index contributed by atoms with van der Waals surface area (Å²) in [6.45, 7) is 3.20. The summed E-state index contributed by atoms with van der Waals surface area (Å²) in [6, 6.07) is 0. The van der Waals surface area contributed by atoms with Gasteiger partial charge in [0.1, 0.15) is 18.6 Å². The van der Waals surface area contributed by atoms with E-state index in [0.717, 1.165) is 0 Å². The number of carbonyl (C=O) groups excluding carboxylic acids is 2. The maximum atomic E-state index is 11.6. The minimum Gasteiger partial charge on any atom is -0.394 e. The molecule has 0 aliphatic carbocycles. The smallest absolute Gasteiger partial charge is 0.330 e. The number of nitrogens with one attached hydrogen (secondary N) is 1. The second kappa shape index (κ2) is 9.88. The topological polar surface area (TPSA) is 171 Å². The Morgan fingerprint density at radius 2 is 1.81 bits per heavy atom. The predicted molar refractivity (Wildman–Crippen MR) is 108 cm³/mol. The van der Waals surface area contributed by atoms with Crippen LogP contribution in [0.4, 0.5) is 0 Å². The van der Waals surface area contributed by atoms with Crippen LogP contribution in [0.15, 0.2) is 27.6 Å². The minimum atomic E-state index is -1.27. The Morgan fingerprint density at radius 1 is 1.09 bits per heavy atom. The summed E-state index contributed by atoms with van der Waals surface area (Å²) in [4.78, 5) is 49.0. The third-order valence-electron chi connectivity index (χ3n) is 5.50. The van der Waals surface area contributed by atoms with Gasteiger partial charge in [0.25, 0.3) is 5.56 Å². The predicted octanol–water partition coefficient (Wildman–Crippen LogP) is -1.37. The summed E-state index contributed by atoms with van der Waals surface area (Å²) in [5.41, 5.74) is 0.0897. The molecule has 4 N–H and O–H groups in total. The number of aryl methyl sites for hydroxylation is 1. The van der Waals surface area contributed by atoms with Crippen molar-refractivity contribution in [2.24, 2.45) is 0 Å². The van der Waals surface area contributed by atoms with Crippen molar-refractivity contribution in [3.8, 4) is 0 Å². The summed E-state index contributed by atoms with van der Waals surface area (Å²) < 4.78 is 11.9. The summed E-state index contributed by atoms with van der Waals surface area (Å²) in [5.74, 6) is -0.581. The van der Waals surface area contributed by atoms with Crippen molar-refractivity contribution >= 4 is 11.7 Å². The van der Waals surface area contributed by atoms with Crippen molar-refractivity contribution in [3.63, 3.8) is 0 Å². The first-order chi connectivity index (χ1) is 15.1. The van der Waals surface area contributed by atoms with Gasteiger partial charge in [-0.2, -0.15) is 0 Å². The normalized spacial score (nSPS) is 30.2. The number of ether oxygens (including phenoxy) is 2. The number of Topliss-reactive ketones (excluding diaryl/α,β-unsaturated/α-hetero) is 1. The lowest BCUT2D eigenvalue weighted by atomic mass is 10.1. The number of H-pyrrole nitrogens is 1. The van der Waals surface area contributed by atoms with E-state index in [1.54, 1.807) is 13.8 Å². The van der Waals surface area contributed by atoms with Crippen molar-refractivity contribution in [3.05, 3.63) is 44.4 Å². The highest BCUT2D eigenvalue weighted by Gasteiger charge is 2.39. The Balaban J connectivity index is 0.000000181. The quantitative estimate of drug-likeness (QED) is 0.403. The van der Waals surface area contributed by atoms with Gasteiger partial charge in [-0.05, 0) is 26.7 Å². The Labute approximate surface area is 182 Å². The maximum absolute atomic E-state index is 11.6. The van der Waals surface area contributed by atoms with E-state index in [2.05, 4.69) is 4.98 Å². The largest absolute Gasteiger partial charge is 0.394 e. The average molecular weight is 453 g/mol. The molecule has 1 aromatic rings. The van der Waals surface area contributed by atoms with Gasteiger partial charge in [0.15, 0.2) is 12.1 Å². The number of aliphatic hydroxyl groups excluding tert-OH is 3. The highest BCUT2D eigenvalue weighted by molar-refractivity contribution is 6.09. The van der Waals surface area contributed by atoms with Crippen LogP contribution in [0.5, 0.6) is 0 Å². The molecule has 5 atom stereocenters. The van der Waals surface area contributed by atoms with Crippen LogP contribution in [0, 0.1) is 6.92 Å². The monoisotopic (exact) mass is 453 g/mol. The fourth-order valence-electron chi connectivity index (χ4n) is 3.60. The number of hydrogen-bond donors (Lipinski definition) is 4. The third-order valence-corrected chi connectivity index (χ3v) is 5.50. The molecule has 0 radical (unpaired) electrons. The van der Waals surface area contributed by atoms with Crippen molar-refractivity contribution in [1.29, 1.82) is 0 Å². The Kier molecular flexibility index (Phi) is 7.41. The minimum absolute atomic E-state index is 0.0480. The molecule has 0 aromatic carbocycles. The van der Waals surface area contributed by atoms with E-state index in [9.17, 15) is 29.4 Å². The number of amides is 1. The van der Waals surface area contributed by atoms with Gasteiger partial charge in [-0.1, -0.05) is 0 Å². The number of aromatic nitrogens is 2. The highest BCUT2D eigenvalue weighted by atomic mass is 16.6. The number of nitrogens with zero attached hydrogens (tertiary/aromatic N) is 2. The fourth-order valence-corrected chi connectivity index (χ4v) is 3.60. The van der Waals surface area contributed by atoms with Crippen LogP contribution in [0.3, 0.4) is 0 Å². The molecule has 0 bridgehead atoms. The SMILES string of the molecule is CC1=CN([C@H]2C[C@H](O)[C@H](O)O2)C(=O)CC1=O.Cc1cn([C@H]2CC[C@@H](CO)O2)c(=O)[nH]c1=O. The van der Waals surface area contributed by atoms with E-state index in [1.165, 1.54) is 21.9 Å². The van der Waals surface area contributed by atoms with Crippen molar-refractivity contribution < 1.29 is 34.4 Å². The summed E-state index contributed by atoms with van der Waals surface area (Å²) in [7, 11) is 0. The van der Waals surface area contributed by atoms with E-state index < -0.39 is 24.3 Å². The van der Waals surface area contributed by atoms with Gasteiger partial charge >= 0.3 is 5.69 Å². The van der Waals surface area contributed by atoms with Gasteiger partial charge in [0, 0.05) is 30.0 Å². The Morgan fingerprint density at radius 3 is 2.41 bits per heavy atom. The molecule has 4 heterocycles. The lowest BCUT2D eigenvalue weighted by Crippen LogP contribution is -2.40. The van der Waals surface area contributed by atoms with Crippen LogP contribution in [-0.4, -0.2) is 72.8 Å². The molecule has 2 fully saturated rings. The van der Waals surface area contributed by atoms with Gasteiger partial charge in [0.05, 0.1) is 19.1 Å². The molecular formula is C20H27N3O9. The fraction of sp³-hybridized carbons (Fsp3) is 0.600. The number of hydrogen-bond acceptors (Lipinski definition) is 9. The molecule has 176 valence electrons. The third kappa shape index (κ3) is 5.22. The molecule has 0 spiro atoms. The van der Waals surface area contributed by atoms with Crippen LogP contribution < -0.4 is 11.2 Å². The molecule has 1 aromatic heterocycles. The molecule has 3 aliphatic heterocycles. The molecule has 4 rings (SSSR count). The van der Waals surface area contributed by atoms with Crippen LogP contribution in [0.1, 0.15) is 44.4 Å². The first kappa shape index (κ1) is 24.0. The molecule has 32 heavy (non-hydrogen) atoms. The Hall–Kier alpha value is -2.64. The molecule has 0 saturated carbocycles. The van der Waals surface area contributed by atoms with Gasteiger partial charge in [-0.15, -0.1) is 0 Å². The zero-order valence-electron chi connectivity index (χ0n) is 17.8. The van der Waals surface area contributed by atoms with E-state index in [4.69, 9.17) is 14.6 Å². The molecule has 3 aliphatic rings. The standard InChI is InChI=1S/C10H14N2O4.C10H13NO5/c1-6-4-12(10(15)11-9(6)14)8-3-2-7(5-13)16-8;1-5-4-11(8(14)2-6(5)12)9-3-7(13)10(15)16-9/h4,7-8,13H,2-3,5H2,1H3,(H,11,14,15);4,7,9-10,13,15H,2-3H2,1H3/t7-,8+;7-,9+,10+/m00/s1. The van der Waals surface area contributed by atoms with Crippen LogP contribution in [-0.2, 0) is 19.1 Å². The molecular weight excluding hydrogens is 426 g/mol. The van der Waals surface area contributed by atoms with E-state index in [-0.39, 0.29) is 49.0 Å². The number of allylic oxidation sites excluding steroid dienone is 1. The van der Waals surface area contributed by atoms with Gasteiger partial charge in [0.2, 0.25) is 5.91 Å². The second-order valence-corrected chi connectivity index (χ2v) is 7.95. The summed E-state index contributed by atoms with van der Waals surface area (Å²) in [6.07, 6.45) is 0.662. The molecule has 12 heteroatoms. The van der Waals surface area contributed by atoms with E-state index in [1.807, 2.05) is 0 Å². The van der Waals surface area contributed by atoms with Crippen LogP contribution in [0.2, 0.25) is 0 Å². The van der Waals surface area contributed by atoms with Crippen LogP contribution in [0.25, 0.3) is 0 Å². The molecule has 12 nitrogen and oxygen atoms in total. The number of ketones is 1. The number of carbonyl (C=O) groups is 2. The molecule has 1 amide bonds.